The summed E-state index contributed by atoms with van der Waals surface area (Å²) in [6, 6.07) is 2.18. The third-order valence-corrected chi connectivity index (χ3v) is 2.07. The first-order valence-corrected chi connectivity index (χ1v) is 5.14. The molecule has 0 atom stereocenters. The lowest BCUT2D eigenvalue weighted by atomic mass is 10.0. The molecule has 0 aromatic carbocycles. The molecule has 0 spiro atoms. The highest BCUT2D eigenvalue weighted by atomic mass is 14.2. The van der Waals surface area contributed by atoms with Crippen LogP contribution in [0.15, 0.2) is 0 Å². The van der Waals surface area contributed by atoms with E-state index < -0.39 is 0 Å². The second-order valence-electron chi connectivity index (χ2n) is 3.86. The maximum absolute atomic E-state index is 8.29. The molecule has 12 heavy (non-hydrogen) atoms. The smallest absolute Gasteiger partial charge is 0.0621 e. The van der Waals surface area contributed by atoms with Crippen molar-refractivity contribution < 1.29 is 0 Å². The molecule has 0 aromatic heterocycles. The standard InChI is InChI=1S/C11H21N/c1-11(2)9-7-5-3-4-6-8-10-12/h11H,3-9H2,1-2H3. The quantitative estimate of drug-likeness (QED) is 0.527. The van der Waals surface area contributed by atoms with Crippen LogP contribution in [0.3, 0.4) is 0 Å². The summed E-state index contributed by atoms with van der Waals surface area (Å²) in [5, 5.41) is 8.29. The van der Waals surface area contributed by atoms with E-state index in [1.165, 1.54) is 32.1 Å². The van der Waals surface area contributed by atoms with Gasteiger partial charge in [0, 0.05) is 6.42 Å². The molecule has 0 radical (unpaired) electrons. The van der Waals surface area contributed by atoms with Gasteiger partial charge in [0.1, 0.15) is 0 Å². The minimum Gasteiger partial charge on any atom is -0.198 e. The molecule has 0 aliphatic rings. The van der Waals surface area contributed by atoms with E-state index >= 15 is 0 Å². The van der Waals surface area contributed by atoms with Crippen molar-refractivity contribution in [3.05, 3.63) is 0 Å². The zero-order chi connectivity index (χ0) is 9.23. The van der Waals surface area contributed by atoms with Crippen molar-refractivity contribution in [2.45, 2.75) is 58.8 Å². The Labute approximate surface area is 76.8 Å². The molecule has 70 valence electrons. The van der Waals surface area contributed by atoms with Gasteiger partial charge >= 0.3 is 0 Å². The lowest BCUT2D eigenvalue weighted by molar-refractivity contribution is 0.516. The lowest BCUT2D eigenvalue weighted by Crippen LogP contribution is -1.86. The van der Waals surface area contributed by atoms with Crippen LogP contribution in [0, 0.1) is 17.2 Å². The second-order valence-corrected chi connectivity index (χ2v) is 3.86. The Hall–Kier alpha value is -0.510. The zero-order valence-electron chi connectivity index (χ0n) is 8.47. The molecule has 0 aliphatic heterocycles. The fraction of sp³-hybridized carbons (Fsp3) is 0.909. The molecule has 0 unspecified atom stereocenters. The molecule has 0 amide bonds. The van der Waals surface area contributed by atoms with Crippen LogP contribution in [0.5, 0.6) is 0 Å². The molecule has 1 heteroatoms. The summed E-state index contributed by atoms with van der Waals surface area (Å²) in [4.78, 5) is 0. The number of hydrogen-bond donors (Lipinski definition) is 0. The van der Waals surface area contributed by atoms with E-state index in [0.717, 1.165) is 18.8 Å². The maximum Gasteiger partial charge on any atom is 0.0621 e. The molecular formula is C11H21N. The molecule has 0 aromatic rings. The van der Waals surface area contributed by atoms with Gasteiger partial charge in [-0.2, -0.15) is 5.26 Å². The van der Waals surface area contributed by atoms with Crippen LogP contribution in [-0.2, 0) is 0 Å². The van der Waals surface area contributed by atoms with Crippen LogP contribution >= 0.6 is 0 Å². The van der Waals surface area contributed by atoms with Crippen LogP contribution in [0.2, 0.25) is 0 Å². The van der Waals surface area contributed by atoms with Gasteiger partial charge in [-0.15, -0.1) is 0 Å². The summed E-state index contributed by atoms with van der Waals surface area (Å²) in [7, 11) is 0. The summed E-state index contributed by atoms with van der Waals surface area (Å²) >= 11 is 0. The van der Waals surface area contributed by atoms with Gasteiger partial charge in [0.05, 0.1) is 6.07 Å². The van der Waals surface area contributed by atoms with Gasteiger partial charge in [-0.3, -0.25) is 0 Å². The van der Waals surface area contributed by atoms with Crippen LogP contribution in [0.1, 0.15) is 58.8 Å². The third kappa shape index (κ3) is 9.49. The number of nitriles is 1. The molecule has 0 bridgehead atoms. The molecule has 1 nitrogen and oxygen atoms in total. The summed E-state index contributed by atoms with van der Waals surface area (Å²) in [6.07, 6.45) is 8.47. The molecule has 0 heterocycles. The average Bonchev–Trinajstić information content (AvgIpc) is 2.02. The fourth-order valence-corrected chi connectivity index (χ4v) is 1.29. The van der Waals surface area contributed by atoms with Crippen molar-refractivity contribution >= 4 is 0 Å². The van der Waals surface area contributed by atoms with Crippen LogP contribution in [-0.4, -0.2) is 0 Å². The van der Waals surface area contributed by atoms with Gasteiger partial charge in [-0.05, 0) is 12.3 Å². The van der Waals surface area contributed by atoms with Gasteiger partial charge in [0.2, 0.25) is 0 Å². The number of unbranched alkanes of at least 4 members (excludes halogenated alkanes) is 5. The van der Waals surface area contributed by atoms with Gasteiger partial charge in [-0.1, -0.05) is 46.0 Å². The van der Waals surface area contributed by atoms with E-state index in [4.69, 9.17) is 5.26 Å². The highest BCUT2D eigenvalue weighted by Crippen LogP contribution is 2.10. The summed E-state index contributed by atoms with van der Waals surface area (Å²) < 4.78 is 0. The van der Waals surface area contributed by atoms with E-state index in [0.29, 0.717) is 0 Å². The first-order valence-electron chi connectivity index (χ1n) is 5.14. The largest absolute Gasteiger partial charge is 0.198 e. The Morgan fingerprint density at radius 1 is 1.00 bits per heavy atom. The van der Waals surface area contributed by atoms with Gasteiger partial charge in [-0.25, -0.2) is 0 Å². The predicted octanol–water partition coefficient (Wildman–Crippen LogP) is 3.90. The van der Waals surface area contributed by atoms with Crippen LogP contribution in [0.4, 0.5) is 0 Å². The Bertz CT molecular complexity index is 121. The SMILES string of the molecule is CC(C)CCCCCCCC#N. The van der Waals surface area contributed by atoms with Crippen molar-refractivity contribution in [2.24, 2.45) is 5.92 Å². The zero-order valence-corrected chi connectivity index (χ0v) is 8.47. The van der Waals surface area contributed by atoms with E-state index in [1.807, 2.05) is 0 Å². The number of rotatable bonds is 7. The van der Waals surface area contributed by atoms with Crippen molar-refractivity contribution in [2.75, 3.05) is 0 Å². The first-order chi connectivity index (χ1) is 5.77. The van der Waals surface area contributed by atoms with Crippen LogP contribution < -0.4 is 0 Å². The lowest BCUT2D eigenvalue weighted by Gasteiger charge is -2.03. The van der Waals surface area contributed by atoms with Gasteiger partial charge < -0.3 is 0 Å². The normalized spacial score (nSPS) is 10.2. The highest BCUT2D eigenvalue weighted by molar-refractivity contribution is 4.67. The fourth-order valence-electron chi connectivity index (χ4n) is 1.29. The van der Waals surface area contributed by atoms with Crippen molar-refractivity contribution in [1.82, 2.24) is 0 Å². The van der Waals surface area contributed by atoms with Crippen molar-refractivity contribution in [3.8, 4) is 6.07 Å². The summed E-state index contributed by atoms with van der Waals surface area (Å²) in [5.74, 6) is 0.851. The minimum atomic E-state index is 0.740. The van der Waals surface area contributed by atoms with Crippen molar-refractivity contribution in [1.29, 1.82) is 5.26 Å². The average molecular weight is 167 g/mol. The second kappa shape index (κ2) is 8.59. The molecule has 0 rings (SSSR count). The highest BCUT2D eigenvalue weighted by Gasteiger charge is 1.93. The van der Waals surface area contributed by atoms with E-state index in [9.17, 15) is 0 Å². The third-order valence-electron chi connectivity index (χ3n) is 2.07. The van der Waals surface area contributed by atoms with E-state index in [2.05, 4.69) is 19.9 Å². The van der Waals surface area contributed by atoms with Gasteiger partial charge in [0.25, 0.3) is 0 Å². The maximum atomic E-state index is 8.29. The predicted molar refractivity (Wildman–Crippen MR) is 52.8 cm³/mol. The Balaban J connectivity index is 2.87. The molecular weight excluding hydrogens is 146 g/mol. The topological polar surface area (TPSA) is 23.8 Å². The minimum absolute atomic E-state index is 0.740. The number of nitrogens with zero attached hydrogens (tertiary/aromatic N) is 1. The summed E-state index contributed by atoms with van der Waals surface area (Å²) in [6.45, 7) is 4.55. The van der Waals surface area contributed by atoms with E-state index in [1.54, 1.807) is 0 Å². The number of hydrogen-bond acceptors (Lipinski definition) is 1. The first kappa shape index (κ1) is 11.5. The monoisotopic (exact) mass is 167 g/mol. The Morgan fingerprint density at radius 2 is 1.58 bits per heavy atom. The molecule has 0 aliphatic carbocycles. The van der Waals surface area contributed by atoms with Gasteiger partial charge in [0.15, 0.2) is 0 Å². The summed E-state index contributed by atoms with van der Waals surface area (Å²) in [5.41, 5.74) is 0. The molecule has 0 saturated heterocycles. The Kier molecular flexibility index (Phi) is 8.22. The van der Waals surface area contributed by atoms with Crippen molar-refractivity contribution in [3.63, 3.8) is 0 Å². The molecule has 0 saturated carbocycles. The molecule has 0 fully saturated rings. The Morgan fingerprint density at radius 3 is 2.17 bits per heavy atom. The van der Waals surface area contributed by atoms with E-state index in [-0.39, 0.29) is 0 Å². The molecule has 0 N–H and O–H groups in total. The van der Waals surface area contributed by atoms with Crippen LogP contribution in [0.25, 0.3) is 0 Å².